The van der Waals surface area contributed by atoms with Gasteiger partial charge in [0, 0.05) is 11.6 Å². The van der Waals surface area contributed by atoms with E-state index in [-0.39, 0.29) is 16.2 Å². The zero-order valence-electron chi connectivity index (χ0n) is 10.3. The van der Waals surface area contributed by atoms with Crippen LogP contribution in [-0.4, -0.2) is 17.4 Å². The summed E-state index contributed by atoms with van der Waals surface area (Å²) in [6.45, 7) is 0. The second-order valence-corrected chi connectivity index (χ2v) is 5.97. The average molecular weight is 283 g/mol. The Labute approximate surface area is 115 Å². The fourth-order valence-corrected chi connectivity index (χ4v) is 3.27. The molecular weight excluding hydrogens is 274 g/mol. The average Bonchev–Trinajstić information content (AvgIpc) is 2.91. The zero-order chi connectivity index (χ0) is 14.2. The van der Waals surface area contributed by atoms with Crippen molar-refractivity contribution >= 4 is 21.1 Å². The topological polar surface area (TPSA) is 75.8 Å². The smallest absolute Gasteiger partial charge is 0.224 e. The minimum absolute atomic E-state index is 0.181. The van der Waals surface area contributed by atoms with Crippen LogP contribution in [0.4, 0.5) is 0 Å². The third kappa shape index (κ3) is 1.85. The highest BCUT2D eigenvalue weighted by Gasteiger charge is 2.19. The number of benzene rings is 1. The Balaban J connectivity index is 2.28. The van der Waals surface area contributed by atoms with Gasteiger partial charge in [0.25, 0.3) is 10.0 Å². The molecule has 6 heteroatoms. The first-order valence-electron chi connectivity index (χ1n) is 5.82. The monoisotopic (exact) mass is 283 g/mol. The summed E-state index contributed by atoms with van der Waals surface area (Å²) in [5.74, 6) is 0. The van der Waals surface area contributed by atoms with Gasteiger partial charge in [-0.2, -0.15) is 5.26 Å². The van der Waals surface area contributed by atoms with Crippen molar-refractivity contribution in [2.75, 3.05) is 0 Å². The summed E-state index contributed by atoms with van der Waals surface area (Å²) in [6.07, 6.45) is 1.45. The van der Waals surface area contributed by atoms with Crippen LogP contribution >= 0.6 is 0 Å². The van der Waals surface area contributed by atoms with Gasteiger partial charge in [-0.25, -0.2) is 17.4 Å². The van der Waals surface area contributed by atoms with Gasteiger partial charge in [-0.05, 0) is 30.3 Å². The van der Waals surface area contributed by atoms with Crippen molar-refractivity contribution in [2.45, 2.75) is 4.90 Å². The molecule has 0 radical (unpaired) electrons. The number of pyridine rings is 1. The lowest BCUT2D eigenvalue weighted by molar-refractivity contribution is 0.589. The van der Waals surface area contributed by atoms with E-state index in [4.69, 9.17) is 5.26 Å². The van der Waals surface area contributed by atoms with Crippen molar-refractivity contribution in [1.29, 1.82) is 5.26 Å². The highest BCUT2D eigenvalue weighted by Crippen LogP contribution is 2.20. The molecule has 0 aliphatic rings. The number of rotatable bonds is 2. The van der Waals surface area contributed by atoms with Crippen molar-refractivity contribution in [3.63, 3.8) is 0 Å². The molecule has 0 saturated carbocycles. The molecule has 0 saturated heterocycles. The van der Waals surface area contributed by atoms with Gasteiger partial charge in [-0.3, -0.25) is 0 Å². The van der Waals surface area contributed by atoms with Crippen LogP contribution in [0.25, 0.3) is 11.0 Å². The van der Waals surface area contributed by atoms with Crippen LogP contribution in [0.3, 0.4) is 0 Å². The maximum Gasteiger partial charge on any atom is 0.269 e. The molecule has 3 aromatic rings. The van der Waals surface area contributed by atoms with E-state index in [2.05, 4.69) is 4.98 Å². The van der Waals surface area contributed by atoms with E-state index >= 15 is 0 Å². The van der Waals surface area contributed by atoms with E-state index in [0.717, 1.165) is 3.97 Å². The second kappa shape index (κ2) is 4.47. The first-order chi connectivity index (χ1) is 9.63. The fourth-order valence-electron chi connectivity index (χ4n) is 1.95. The number of hydrogen-bond acceptors (Lipinski definition) is 4. The van der Waals surface area contributed by atoms with Crippen molar-refractivity contribution < 1.29 is 8.42 Å². The first kappa shape index (κ1) is 12.4. The third-order valence-corrected chi connectivity index (χ3v) is 4.60. The van der Waals surface area contributed by atoms with E-state index in [1.165, 1.54) is 18.3 Å². The van der Waals surface area contributed by atoms with E-state index < -0.39 is 10.0 Å². The molecular formula is C14H9N3O2S. The molecule has 2 heterocycles. The molecule has 1 aromatic carbocycles. The largest absolute Gasteiger partial charge is 0.269 e. The molecule has 0 bridgehead atoms. The summed E-state index contributed by atoms with van der Waals surface area (Å²) in [5.41, 5.74) is 0.439. The van der Waals surface area contributed by atoms with Gasteiger partial charge in [-0.15, -0.1) is 0 Å². The minimum Gasteiger partial charge on any atom is -0.224 e. The number of nitrogens with zero attached hydrogens (tertiary/aromatic N) is 3. The molecule has 0 atom stereocenters. The van der Waals surface area contributed by atoms with Gasteiger partial charge in [0.05, 0.1) is 4.90 Å². The SMILES string of the molecule is N#Cc1ccc2ccn(S(=O)(=O)c3ccccc3)c2n1. The van der Waals surface area contributed by atoms with Crippen molar-refractivity contribution in [3.8, 4) is 6.07 Å². The second-order valence-electron chi connectivity index (χ2n) is 4.15. The molecule has 3 rings (SSSR count). The van der Waals surface area contributed by atoms with Crippen LogP contribution in [0.2, 0.25) is 0 Å². The molecule has 20 heavy (non-hydrogen) atoms. The fraction of sp³-hybridized carbons (Fsp3) is 0. The Bertz CT molecular complexity index is 922. The Kier molecular flexibility index (Phi) is 2.77. The first-order valence-corrected chi connectivity index (χ1v) is 7.26. The Morgan fingerprint density at radius 2 is 1.80 bits per heavy atom. The van der Waals surface area contributed by atoms with Crippen molar-refractivity contribution in [3.05, 3.63) is 60.4 Å². The summed E-state index contributed by atoms with van der Waals surface area (Å²) in [5, 5.41) is 9.54. The molecule has 0 N–H and O–H groups in total. The van der Waals surface area contributed by atoms with Gasteiger partial charge < -0.3 is 0 Å². The summed E-state index contributed by atoms with van der Waals surface area (Å²) >= 11 is 0. The third-order valence-electron chi connectivity index (χ3n) is 2.92. The number of nitriles is 1. The standard InChI is InChI=1S/C14H9N3O2S/c15-10-12-7-6-11-8-9-17(14(11)16-12)20(18,19)13-4-2-1-3-5-13/h1-9H. The van der Waals surface area contributed by atoms with Gasteiger partial charge in [0.1, 0.15) is 11.8 Å². The van der Waals surface area contributed by atoms with Crippen LogP contribution in [0.1, 0.15) is 5.69 Å². The Hall–Kier alpha value is -2.65. The maximum atomic E-state index is 12.5. The molecule has 0 aliphatic heterocycles. The summed E-state index contributed by atoms with van der Waals surface area (Å²) in [6, 6.07) is 14.9. The predicted molar refractivity (Wildman–Crippen MR) is 73.5 cm³/mol. The normalized spacial score (nSPS) is 11.3. The highest BCUT2D eigenvalue weighted by molar-refractivity contribution is 7.90. The van der Waals surface area contributed by atoms with Crippen LogP contribution in [-0.2, 0) is 10.0 Å². The highest BCUT2D eigenvalue weighted by atomic mass is 32.2. The van der Waals surface area contributed by atoms with Gasteiger partial charge in [-0.1, -0.05) is 18.2 Å². The Morgan fingerprint density at radius 1 is 1.05 bits per heavy atom. The van der Waals surface area contributed by atoms with Gasteiger partial charge in [0.15, 0.2) is 5.65 Å². The lowest BCUT2D eigenvalue weighted by Crippen LogP contribution is -2.12. The molecule has 0 aliphatic carbocycles. The molecule has 0 spiro atoms. The number of aromatic nitrogens is 2. The van der Waals surface area contributed by atoms with Crippen molar-refractivity contribution in [1.82, 2.24) is 8.96 Å². The maximum absolute atomic E-state index is 12.5. The minimum atomic E-state index is -3.70. The predicted octanol–water partition coefficient (Wildman–Crippen LogP) is 2.14. The van der Waals surface area contributed by atoms with E-state index in [1.54, 1.807) is 36.4 Å². The van der Waals surface area contributed by atoms with Gasteiger partial charge in [0.2, 0.25) is 0 Å². The van der Waals surface area contributed by atoms with Crippen LogP contribution in [0.5, 0.6) is 0 Å². The lowest BCUT2D eigenvalue weighted by atomic mass is 10.3. The molecule has 0 amide bonds. The molecule has 5 nitrogen and oxygen atoms in total. The van der Waals surface area contributed by atoms with E-state index in [1.807, 2.05) is 6.07 Å². The zero-order valence-corrected chi connectivity index (χ0v) is 11.1. The quantitative estimate of drug-likeness (QED) is 0.722. The number of hydrogen-bond donors (Lipinski definition) is 0. The van der Waals surface area contributed by atoms with Crippen molar-refractivity contribution in [2.24, 2.45) is 0 Å². The lowest BCUT2D eigenvalue weighted by Gasteiger charge is -2.06. The number of fused-ring (bicyclic) bond motifs is 1. The van der Waals surface area contributed by atoms with E-state index in [9.17, 15) is 8.42 Å². The molecule has 0 unspecified atom stereocenters. The van der Waals surface area contributed by atoms with Gasteiger partial charge >= 0.3 is 0 Å². The summed E-state index contributed by atoms with van der Waals surface area (Å²) in [7, 11) is -3.70. The molecule has 0 fully saturated rings. The van der Waals surface area contributed by atoms with Crippen LogP contribution in [0, 0.1) is 11.3 Å². The summed E-state index contributed by atoms with van der Waals surface area (Å²) < 4.78 is 26.2. The van der Waals surface area contributed by atoms with Crippen LogP contribution in [0.15, 0.2) is 59.6 Å². The Morgan fingerprint density at radius 3 is 2.50 bits per heavy atom. The molecule has 98 valence electrons. The van der Waals surface area contributed by atoms with Crippen LogP contribution < -0.4 is 0 Å². The van der Waals surface area contributed by atoms with E-state index in [0.29, 0.717) is 5.39 Å². The molecule has 2 aromatic heterocycles. The summed E-state index contributed by atoms with van der Waals surface area (Å²) in [4.78, 5) is 4.25.